The molecule has 176 valence electrons. The number of aromatic nitrogens is 4. The molecule has 1 saturated heterocycles. The third-order valence-corrected chi connectivity index (χ3v) is 7.11. The molecule has 0 spiro atoms. The third kappa shape index (κ3) is 4.89. The summed E-state index contributed by atoms with van der Waals surface area (Å²) < 4.78 is 8.19. The van der Waals surface area contributed by atoms with Crippen LogP contribution in [0.3, 0.4) is 0 Å². The van der Waals surface area contributed by atoms with Gasteiger partial charge in [-0.15, -0.1) is 16.4 Å². The largest absolute Gasteiger partial charge is 0.456 e. The first-order valence-electron chi connectivity index (χ1n) is 11.1. The van der Waals surface area contributed by atoms with Gasteiger partial charge < -0.3 is 15.4 Å². The van der Waals surface area contributed by atoms with E-state index in [1.54, 1.807) is 30.6 Å². The Hall–Kier alpha value is -3.07. The zero-order chi connectivity index (χ0) is 23.5. The number of pyridine rings is 1. The van der Waals surface area contributed by atoms with Crippen LogP contribution in [0.15, 0.2) is 42.7 Å². The van der Waals surface area contributed by atoms with Crippen molar-refractivity contribution in [3.8, 4) is 11.5 Å². The lowest BCUT2D eigenvalue weighted by Crippen LogP contribution is -2.38. The minimum Gasteiger partial charge on any atom is -0.456 e. The maximum atomic E-state index is 12.7. The lowest BCUT2D eigenvalue weighted by Gasteiger charge is -2.23. The van der Waals surface area contributed by atoms with E-state index < -0.39 is 0 Å². The van der Waals surface area contributed by atoms with Crippen LogP contribution >= 0.6 is 20.1 Å². The van der Waals surface area contributed by atoms with Gasteiger partial charge >= 0.3 is 0 Å². The predicted octanol–water partition coefficient (Wildman–Crippen LogP) is 4.48. The van der Waals surface area contributed by atoms with Crippen molar-refractivity contribution in [2.45, 2.75) is 25.8 Å². The van der Waals surface area contributed by atoms with Crippen molar-refractivity contribution in [2.24, 2.45) is 0 Å². The number of thiazole rings is 1. The summed E-state index contributed by atoms with van der Waals surface area (Å²) in [5.41, 5.74) is 1.27. The van der Waals surface area contributed by atoms with E-state index >= 15 is 0 Å². The number of nitrogens with one attached hydrogen (secondary N) is 3. The number of ether oxygens (including phenoxy) is 1. The molecule has 1 aromatic carbocycles. The molecule has 0 aliphatic carbocycles. The zero-order valence-corrected chi connectivity index (χ0v) is 20.8. The first kappa shape index (κ1) is 22.7. The van der Waals surface area contributed by atoms with Gasteiger partial charge in [0.25, 0.3) is 5.91 Å². The van der Waals surface area contributed by atoms with Crippen molar-refractivity contribution >= 4 is 48.0 Å². The number of rotatable bonds is 7. The highest BCUT2D eigenvalue weighted by molar-refractivity contribution is 7.35. The smallest absolute Gasteiger partial charge is 0.257 e. The van der Waals surface area contributed by atoms with Crippen LogP contribution < -0.4 is 20.7 Å². The van der Waals surface area contributed by atoms with Crippen LogP contribution in [0.4, 0.5) is 10.9 Å². The number of hydrogen-bond donors (Lipinski definition) is 3. The van der Waals surface area contributed by atoms with Crippen molar-refractivity contribution in [1.82, 2.24) is 24.8 Å². The average molecular weight is 496 g/mol. The maximum absolute atomic E-state index is 12.7. The molecule has 0 radical (unpaired) electrons. The fraction of sp³-hybridized carbons (Fsp3) is 0.304. The number of fused-ring (bicyclic) bond motifs is 1. The number of aryl methyl sites for hydroxylation is 1. The molecular formula is C23H26N7O2PS. The summed E-state index contributed by atoms with van der Waals surface area (Å²) >= 11 is 1.44. The van der Waals surface area contributed by atoms with E-state index in [1.165, 1.54) is 11.3 Å². The van der Waals surface area contributed by atoms with E-state index in [2.05, 4.69) is 32.6 Å². The van der Waals surface area contributed by atoms with Crippen LogP contribution in [0.2, 0.25) is 0 Å². The first-order valence-corrected chi connectivity index (χ1v) is 13.4. The monoisotopic (exact) mass is 495 g/mol. The van der Waals surface area contributed by atoms with Crippen molar-refractivity contribution in [1.29, 1.82) is 0 Å². The third-order valence-electron chi connectivity index (χ3n) is 5.55. The molecular weight excluding hydrogens is 469 g/mol. The zero-order valence-electron chi connectivity index (χ0n) is 19.0. The fourth-order valence-corrected chi connectivity index (χ4v) is 5.18. The summed E-state index contributed by atoms with van der Waals surface area (Å²) in [6.07, 6.45) is 5.68. The van der Waals surface area contributed by atoms with Gasteiger partial charge in [-0.2, -0.15) is 0 Å². The van der Waals surface area contributed by atoms with Gasteiger partial charge in [-0.05, 0) is 51.2 Å². The maximum Gasteiger partial charge on any atom is 0.257 e. The first-order chi connectivity index (χ1) is 16.6. The second kappa shape index (κ2) is 10.0. The van der Waals surface area contributed by atoms with E-state index in [0.29, 0.717) is 37.0 Å². The van der Waals surface area contributed by atoms with Gasteiger partial charge in [0.2, 0.25) is 0 Å². The quantitative estimate of drug-likeness (QED) is 0.325. The molecule has 4 heterocycles. The van der Waals surface area contributed by atoms with E-state index in [9.17, 15) is 4.79 Å². The number of piperidine rings is 1. The summed E-state index contributed by atoms with van der Waals surface area (Å²) in [5, 5.41) is 16.0. The number of nitrogens with zero attached hydrogens (tertiary/aromatic N) is 4. The van der Waals surface area contributed by atoms with Crippen molar-refractivity contribution in [3.63, 3.8) is 0 Å². The molecule has 3 aromatic heterocycles. The minimum absolute atomic E-state index is 0.230. The predicted molar refractivity (Wildman–Crippen MR) is 138 cm³/mol. The van der Waals surface area contributed by atoms with Crippen LogP contribution in [-0.4, -0.2) is 51.2 Å². The van der Waals surface area contributed by atoms with Gasteiger partial charge in [0.1, 0.15) is 16.9 Å². The molecule has 4 aromatic rings. The molecule has 1 aliphatic rings. The van der Waals surface area contributed by atoms with Crippen LogP contribution in [0.1, 0.15) is 28.1 Å². The average Bonchev–Trinajstić information content (AvgIpc) is 3.43. The van der Waals surface area contributed by atoms with E-state index in [1.807, 2.05) is 23.5 Å². The molecule has 1 aliphatic heterocycles. The highest BCUT2D eigenvalue weighted by Gasteiger charge is 2.21. The number of carbonyl (C=O) groups excluding carboxylic acids is 1. The molecule has 9 nitrogen and oxygen atoms in total. The molecule has 34 heavy (non-hydrogen) atoms. The molecule has 0 bridgehead atoms. The van der Waals surface area contributed by atoms with E-state index in [-0.39, 0.29) is 5.91 Å². The Bertz CT molecular complexity index is 1320. The van der Waals surface area contributed by atoms with Crippen LogP contribution in [0, 0.1) is 6.92 Å². The molecule has 5 rings (SSSR count). The molecule has 11 heteroatoms. The number of benzene rings is 1. The number of anilines is 2. The van der Waals surface area contributed by atoms with E-state index in [4.69, 9.17) is 9.84 Å². The highest BCUT2D eigenvalue weighted by Crippen LogP contribution is 2.36. The van der Waals surface area contributed by atoms with Gasteiger partial charge in [0, 0.05) is 50.2 Å². The Morgan fingerprint density at radius 2 is 2.24 bits per heavy atom. The summed E-state index contributed by atoms with van der Waals surface area (Å²) in [6, 6.07) is 9.26. The summed E-state index contributed by atoms with van der Waals surface area (Å²) in [6.45, 7) is 5.96. The fourth-order valence-electron chi connectivity index (χ4n) is 3.93. The van der Waals surface area contributed by atoms with E-state index in [0.717, 1.165) is 47.7 Å². The SMILES string of the molecule is CPn1nc(NC2CCCNC2)c2c(Oc3cccc(C(=O)Nc4ncc(C)s4)c3)ccnc21. The van der Waals surface area contributed by atoms with Crippen molar-refractivity contribution in [2.75, 3.05) is 30.4 Å². The van der Waals surface area contributed by atoms with Crippen molar-refractivity contribution < 1.29 is 9.53 Å². The number of carbonyl (C=O) groups is 1. The Morgan fingerprint density at radius 3 is 3.00 bits per heavy atom. The Balaban J connectivity index is 1.42. The standard InChI is InChI=1S/C23H26N7O2PS/c1-14-12-26-23(34-14)28-22(31)15-5-3-7-17(11-15)32-18-8-10-25-21-19(18)20(29-30(21)33-2)27-16-6-4-9-24-13-16/h3,5,7-8,10-12,16,24,33H,4,6,9,13H2,1-2H3,(H,27,29)(H,26,28,31). The molecule has 3 N–H and O–H groups in total. The summed E-state index contributed by atoms with van der Waals surface area (Å²) in [7, 11) is 0.437. The van der Waals surface area contributed by atoms with Crippen LogP contribution in [-0.2, 0) is 0 Å². The molecule has 1 amide bonds. The second-order valence-electron chi connectivity index (χ2n) is 8.04. The van der Waals surface area contributed by atoms with Gasteiger partial charge in [0.05, 0.1) is 0 Å². The Labute approximate surface area is 203 Å². The topological polar surface area (TPSA) is 106 Å². The Kier molecular flexibility index (Phi) is 6.71. The van der Waals surface area contributed by atoms with Crippen molar-refractivity contribution in [3.05, 3.63) is 53.2 Å². The molecule has 2 unspecified atom stereocenters. The van der Waals surface area contributed by atoms with Gasteiger partial charge in [-0.25, -0.2) is 14.4 Å². The summed E-state index contributed by atoms with van der Waals surface area (Å²) in [5.74, 6) is 1.75. The number of amides is 1. The van der Waals surface area contributed by atoms with Crippen LogP contribution in [0.25, 0.3) is 11.0 Å². The molecule has 0 saturated carbocycles. The second-order valence-corrected chi connectivity index (χ2v) is 10.1. The lowest BCUT2D eigenvalue weighted by molar-refractivity contribution is 0.102. The summed E-state index contributed by atoms with van der Waals surface area (Å²) in [4.78, 5) is 22.5. The molecule has 2 atom stereocenters. The van der Waals surface area contributed by atoms with Gasteiger partial charge in [0.15, 0.2) is 16.6 Å². The van der Waals surface area contributed by atoms with Gasteiger partial charge in [-0.3, -0.25) is 10.1 Å². The minimum atomic E-state index is -0.230. The number of hydrogen-bond acceptors (Lipinski definition) is 8. The molecule has 1 fully saturated rings. The Morgan fingerprint density at radius 1 is 1.32 bits per heavy atom. The van der Waals surface area contributed by atoms with Gasteiger partial charge in [-0.1, -0.05) is 6.07 Å². The normalized spacial score (nSPS) is 16.2. The highest BCUT2D eigenvalue weighted by atomic mass is 32.1. The lowest BCUT2D eigenvalue weighted by atomic mass is 10.1. The van der Waals surface area contributed by atoms with Crippen LogP contribution in [0.5, 0.6) is 11.5 Å².